The smallest absolute Gasteiger partial charge is 0.139 e. The predicted octanol–water partition coefficient (Wildman–Crippen LogP) is 7.14. The Hall–Kier alpha value is -3.60. The Labute approximate surface area is 186 Å². The van der Waals surface area contributed by atoms with Gasteiger partial charge in [0.15, 0.2) is 0 Å². The van der Waals surface area contributed by atoms with Crippen molar-refractivity contribution in [1.29, 1.82) is 0 Å². The van der Waals surface area contributed by atoms with Crippen molar-refractivity contribution in [3.05, 3.63) is 82.9 Å². The highest BCUT2D eigenvalue weighted by Crippen LogP contribution is 2.52. The van der Waals surface area contributed by atoms with Crippen LogP contribution in [-0.2, 0) is 0 Å². The summed E-state index contributed by atoms with van der Waals surface area (Å²) >= 11 is 0. The molecule has 3 nitrogen and oxygen atoms in total. The number of hydrogen-bond donors (Lipinski definition) is 1. The number of nitrogens with one attached hydrogen (secondary N) is 1. The van der Waals surface area contributed by atoms with Gasteiger partial charge in [-0.15, -0.1) is 0 Å². The molecule has 5 heteroatoms. The van der Waals surface area contributed by atoms with E-state index < -0.39 is 11.6 Å². The molecule has 0 bridgehead atoms. The van der Waals surface area contributed by atoms with E-state index in [4.69, 9.17) is 9.47 Å². The molecule has 3 aromatic rings. The fourth-order valence-electron chi connectivity index (χ4n) is 4.66. The number of benzene rings is 3. The Balaban J connectivity index is 1.85. The normalized spacial score (nSPS) is 16.8. The fraction of sp³-hybridized carbons (Fsp3) is 0.185. The second kappa shape index (κ2) is 7.23. The molecule has 0 radical (unpaired) electrons. The molecule has 1 N–H and O–H groups in total. The number of anilines is 1. The molecular formula is C27H23F2NO2. The Bertz CT molecular complexity index is 1300. The number of rotatable bonds is 2. The zero-order valence-electron chi connectivity index (χ0n) is 18.3. The monoisotopic (exact) mass is 431 g/mol. The van der Waals surface area contributed by atoms with Gasteiger partial charge in [-0.3, -0.25) is 0 Å². The van der Waals surface area contributed by atoms with Gasteiger partial charge in [0.2, 0.25) is 0 Å². The predicted molar refractivity (Wildman–Crippen MR) is 125 cm³/mol. The van der Waals surface area contributed by atoms with Crippen LogP contribution < -0.4 is 14.8 Å². The van der Waals surface area contributed by atoms with E-state index >= 15 is 0 Å². The number of ether oxygens (including phenoxy) is 2. The maximum Gasteiger partial charge on any atom is 0.139 e. The zero-order chi connectivity index (χ0) is 22.6. The van der Waals surface area contributed by atoms with Crippen LogP contribution in [0.15, 0.2) is 54.6 Å². The molecular weight excluding hydrogens is 408 g/mol. The average Bonchev–Trinajstić information content (AvgIpc) is 2.74. The molecule has 0 unspecified atom stereocenters. The largest absolute Gasteiger partial charge is 0.496 e. The fourth-order valence-corrected chi connectivity index (χ4v) is 4.66. The standard InChI is InChI=1S/C27H23F2NO2/c1-15-14-27(2,3)30-20-12-11-16-25-21(31-4)9-6-10-22(25)32-23(26(16)24(15)20)13-17-18(28)7-5-8-19(17)29/h5-14,30H,1-4H3. The van der Waals surface area contributed by atoms with Crippen LogP contribution >= 0.6 is 0 Å². The van der Waals surface area contributed by atoms with Gasteiger partial charge >= 0.3 is 0 Å². The lowest BCUT2D eigenvalue weighted by Gasteiger charge is -2.35. The van der Waals surface area contributed by atoms with Gasteiger partial charge in [-0.05, 0) is 62.8 Å². The Morgan fingerprint density at radius 2 is 1.66 bits per heavy atom. The van der Waals surface area contributed by atoms with Crippen molar-refractivity contribution >= 4 is 23.1 Å². The van der Waals surface area contributed by atoms with Crippen molar-refractivity contribution in [2.24, 2.45) is 0 Å². The first kappa shape index (κ1) is 20.3. The minimum Gasteiger partial charge on any atom is -0.496 e. The first-order valence-electron chi connectivity index (χ1n) is 10.5. The lowest BCUT2D eigenvalue weighted by molar-refractivity contribution is 0.412. The van der Waals surface area contributed by atoms with Gasteiger partial charge in [0, 0.05) is 27.9 Å². The molecule has 162 valence electrons. The average molecular weight is 431 g/mol. The summed E-state index contributed by atoms with van der Waals surface area (Å²) in [6.07, 6.45) is 3.59. The van der Waals surface area contributed by atoms with E-state index in [1.165, 1.54) is 24.3 Å². The van der Waals surface area contributed by atoms with E-state index in [-0.39, 0.29) is 11.1 Å². The minimum atomic E-state index is -0.643. The number of fused-ring (bicyclic) bond motifs is 5. The van der Waals surface area contributed by atoms with Crippen molar-refractivity contribution < 1.29 is 18.3 Å². The summed E-state index contributed by atoms with van der Waals surface area (Å²) in [6, 6.07) is 13.4. The van der Waals surface area contributed by atoms with E-state index in [0.717, 1.165) is 33.5 Å². The lowest BCUT2D eigenvalue weighted by atomic mass is 9.83. The summed E-state index contributed by atoms with van der Waals surface area (Å²) in [5, 5.41) is 3.54. The number of methoxy groups -OCH3 is 1. The van der Waals surface area contributed by atoms with Crippen molar-refractivity contribution in [3.8, 4) is 22.6 Å². The minimum absolute atomic E-state index is 0.136. The SMILES string of the molecule is COc1cccc2c1-c1ccc3c(c1C(=Cc1c(F)cccc1F)O2)C(C)=CC(C)(C)N3. The molecule has 32 heavy (non-hydrogen) atoms. The maximum atomic E-state index is 14.5. The molecule has 2 aliphatic rings. The van der Waals surface area contributed by atoms with Crippen LogP contribution in [-0.4, -0.2) is 12.6 Å². The summed E-state index contributed by atoms with van der Waals surface area (Å²) in [5.74, 6) is 0.345. The molecule has 0 saturated carbocycles. The summed E-state index contributed by atoms with van der Waals surface area (Å²) in [7, 11) is 1.61. The van der Waals surface area contributed by atoms with Gasteiger partial charge in [-0.25, -0.2) is 8.78 Å². The molecule has 5 rings (SSSR count). The first-order chi connectivity index (χ1) is 15.3. The molecule has 0 saturated heterocycles. The van der Waals surface area contributed by atoms with Gasteiger partial charge in [-0.2, -0.15) is 0 Å². The first-order valence-corrected chi connectivity index (χ1v) is 10.5. The van der Waals surface area contributed by atoms with E-state index in [2.05, 4.69) is 25.2 Å². The number of hydrogen-bond acceptors (Lipinski definition) is 3. The van der Waals surface area contributed by atoms with Crippen LogP contribution in [0.4, 0.5) is 14.5 Å². The Kier molecular flexibility index (Phi) is 4.59. The molecule has 0 aromatic heterocycles. The molecule has 0 atom stereocenters. The highest BCUT2D eigenvalue weighted by Gasteiger charge is 2.32. The van der Waals surface area contributed by atoms with Gasteiger partial charge in [0.1, 0.15) is 28.9 Å². The van der Waals surface area contributed by atoms with Crippen LogP contribution in [0.1, 0.15) is 37.5 Å². The summed E-state index contributed by atoms with van der Waals surface area (Å²) in [5.41, 5.74) is 5.07. The van der Waals surface area contributed by atoms with Crippen LogP contribution in [0.2, 0.25) is 0 Å². The van der Waals surface area contributed by atoms with Gasteiger partial charge in [0.05, 0.1) is 18.2 Å². The summed E-state index contributed by atoms with van der Waals surface area (Å²) < 4.78 is 40.9. The van der Waals surface area contributed by atoms with Crippen molar-refractivity contribution in [2.75, 3.05) is 12.4 Å². The highest BCUT2D eigenvalue weighted by molar-refractivity contribution is 6.01. The quantitative estimate of drug-likeness (QED) is 0.468. The molecule has 2 aliphatic heterocycles. The molecule has 3 aromatic carbocycles. The van der Waals surface area contributed by atoms with E-state index in [9.17, 15) is 8.78 Å². The van der Waals surface area contributed by atoms with E-state index in [1.54, 1.807) is 7.11 Å². The van der Waals surface area contributed by atoms with E-state index in [0.29, 0.717) is 17.3 Å². The summed E-state index contributed by atoms with van der Waals surface area (Å²) in [4.78, 5) is 0. The molecule has 0 aliphatic carbocycles. The van der Waals surface area contributed by atoms with E-state index in [1.807, 2.05) is 37.3 Å². The second-order valence-electron chi connectivity index (χ2n) is 8.66. The number of halogens is 2. The zero-order valence-corrected chi connectivity index (χ0v) is 18.3. The Morgan fingerprint density at radius 1 is 0.938 bits per heavy atom. The topological polar surface area (TPSA) is 30.5 Å². The third-order valence-electron chi connectivity index (χ3n) is 5.85. The Morgan fingerprint density at radius 3 is 2.38 bits per heavy atom. The van der Waals surface area contributed by atoms with Gasteiger partial charge in [0.25, 0.3) is 0 Å². The molecule has 0 spiro atoms. The van der Waals surface area contributed by atoms with Gasteiger partial charge < -0.3 is 14.8 Å². The second-order valence-corrected chi connectivity index (χ2v) is 8.66. The highest BCUT2D eigenvalue weighted by atomic mass is 19.1. The van der Waals surface area contributed by atoms with Crippen LogP contribution in [0.25, 0.3) is 28.5 Å². The van der Waals surface area contributed by atoms with Crippen LogP contribution in [0.5, 0.6) is 11.5 Å². The third kappa shape index (κ3) is 3.16. The van der Waals surface area contributed by atoms with Crippen molar-refractivity contribution in [3.63, 3.8) is 0 Å². The van der Waals surface area contributed by atoms with Crippen molar-refractivity contribution in [1.82, 2.24) is 0 Å². The third-order valence-corrected chi connectivity index (χ3v) is 5.85. The van der Waals surface area contributed by atoms with Crippen LogP contribution in [0, 0.1) is 11.6 Å². The maximum absolute atomic E-state index is 14.5. The number of allylic oxidation sites excluding steroid dienone is 1. The molecule has 0 amide bonds. The molecule has 2 heterocycles. The van der Waals surface area contributed by atoms with Gasteiger partial charge in [-0.1, -0.05) is 24.3 Å². The van der Waals surface area contributed by atoms with Crippen molar-refractivity contribution in [2.45, 2.75) is 26.3 Å². The molecule has 0 fully saturated rings. The lowest BCUT2D eigenvalue weighted by Crippen LogP contribution is -2.32. The summed E-state index contributed by atoms with van der Waals surface area (Å²) in [6.45, 7) is 6.24. The van der Waals surface area contributed by atoms with Crippen LogP contribution in [0.3, 0.4) is 0 Å².